The molecule has 2 aromatic heterocycles. The number of thiophene rings is 1. The van der Waals surface area contributed by atoms with Crippen molar-refractivity contribution in [3.8, 4) is 67.3 Å². The minimum Gasteiger partial charge on any atom is -0.228 e. The Balaban J connectivity index is 1.08. The van der Waals surface area contributed by atoms with E-state index in [0.717, 1.165) is 39.2 Å². The highest BCUT2D eigenvalue weighted by Crippen LogP contribution is 2.55. The molecule has 1 aliphatic carbocycles. The van der Waals surface area contributed by atoms with Crippen molar-refractivity contribution in [2.24, 2.45) is 0 Å². The average Bonchev–Trinajstić information content (AvgIpc) is 3.80. The molecule has 11 rings (SSSR count). The van der Waals surface area contributed by atoms with Crippen LogP contribution in [0.1, 0.15) is 23.6 Å². The van der Waals surface area contributed by atoms with E-state index >= 15 is 0 Å². The smallest absolute Gasteiger partial charge is 0.160 e. The first kappa shape index (κ1) is 33.4. The molecule has 0 bridgehead atoms. The highest BCUT2D eigenvalue weighted by molar-refractivity contribution is 7.25. The Bertz CT molecular complexity index is 3140. The van der Waals surface area contributed by atoms with Crippen LogP contribution in [0.25, 0.3) is 87.5 Å². The molecule has 0 N–H and O–H groups in total. The number of hydrogen-bond acceptors (Lipinski definition) is 3. The van der Waals surface area contributed by atoms with Gasteiger partial charge in [0, 0.05) is 42.3 Å². The Labute approximate surface area is 336 Å². The zero-order valence-electron chi connectivity index (χ0n) is 31.4. The van der Waals surface area contributed by atoms with E-state index in [0.29, 0.717) is 5.82 Å². The topological polar surface area (TPSA) is 25.8 Å². The maximum Gasteiger partial charge on any atom is 0.160 e. The molecule has 0 amide bonds. The van der Waals surface area contributed by atoms with E-state index in [1.165, 1.54) is 59.1 Å². The van der Waals surface area contributed by atoms with E-state index in [-0.39, 0.29) is 5.41 Å². The highest BCUT2D eigenvalue weighted by Gasteiger charge is 2.41. The third-order valence-electron chi connectivity index (χ3n) is 11.8. The van der Waals surface area contributed by atoms with Gasteiger partial charge in [-0.2, -0.15) is 0 Å². The summed E-state index contributed by atoms with van der Waals surface area (Å²) < 4.78 is 2.62. The molecule has 1 aliphatic rings. The van der Waals surface area contributed by atoms with Gasteiger partial charge in [0.15, 0.2) is 5.82 Å². The Morgan fingerprint density at radius 1 is 0.386 bits per heavy atom. The normalized spacial score (nSPS) is 14.5. The zero-order chi connectivity index (χ0) is 37.9. The highest BCUT2D eigenvalue weighted by atomic mass is 32.1. The predicted octanol–water partition coefficient (Wildman–Crippen LogP) is 14.5. The summed E-state index contributed by atoms with van der Waals surface area (Å²) in [5, 5.41) is 2.60. The molecule has 8 aromatic carbocycles. The fourth-order valence-electron chi connectivity index (χ4n) is 9.00. The van der Waals surface area contributed by atoms with Gasteiger partial charge in [0.05, 0.1) is 11.4 Å². The minimum atomic E-state index is -0.285. The van der Waals surface area contributed by atoms with Crippen LogP contribution in [0.3, 0.4) is 0 Å². The summed E-state index contributed by atoms with van der Waals surface area (Å²) in [5.74, 6) is 0.703. The number of rotatable bonds is 6. The standard InChI is InChI=1S/C54H36N2S/c1-54(39-20-6-3-7-21-39)46-27-12-10-25-44(46)52-43(26-15-28-47(52)54)40-22-8-9-23-41(40)49-34-48(55-53(56-49)35-16-4-2-5-17-35)38-19-14-18-36(32-38)37-30-31-51-45(33-37)42-24-11-13-29-50(42)57-51/h2-34H,1H3. The van der Waals surface area contributed by atoms with Crippen molar-refractivity contribution in [2.45, 2.75) is 12.3 Å². The maximum atomic E-state index is 5.33. The van der Waals surface area contributed by atoms with Gasteiger partial charge in [0.25, 0.3) is 0 Å². The first-order valence-corrected chi connectivity index (χ1v) is 20.3. The molecule has 3 heteroatoms. The Morgan fingerprint density at radius 2 is 0.982 bits per heavy atom. The summed E-state index contributed by atoms with van der Waals surface area (Å²) in [5.41, 5.74) is 15.8. The molecular weight excluding hydrogens is 709 g/mol. The van der Waals surface area contributed by atoms with Crippen molar-refractivity contribution in [3.05, 3.63) is 217 Å². The number of aromatic nitrogens is 2. The van der Waals surface area contributed by atoms with E-state index in [1.807, 2.05) is 17.4 Å². The molecule has 57 heavy (non-hydrogen) atoms. The largest absolute Gasteiger partial charge is 0.228 e. The molecule has 0 aliphatic heterocycles. The summed E-state index contributed by atoms with van der Waals surface area (Å²) in [6.45, 7) is 2.38. The molecular formula is C54H36N2S. The Morgan fingerprint density at radius 3 is 1.84 bits per heavy atom. The van der Waals surface area contributed by atoms with E-state index < -0.39 is 0 Å². The minimum absolute atomic E-state index is 0.285. The summed E-state index contributed by atoms with van der Waals surface area (Å²) >= 11 is 1.85. The van der Waals surface area contributed by atoms with Crippen molar-refractivity contribution in [3.63, 3.8) is 0 Å². The monoisotopic (exact) mass is 744 g/mol. The lowest BCUT2D eigenvalue weighted by Gasteiger charge is -2.28. The van der Waals surface area contributed by atoms with Crippen LogP contribution in [0.2, 0.25) is 0 Å². The van der Waals surface area contributed by atoms with Crippen molar-refractivity contribution in [2.75, 3.05) is 0 Å². The van der Waals surface area contributed by atoms with Crippen LogP contribution in [0, 0.1) is 0 Å². The lowest BCUT2D eigenvalue weighted by atomic mass is 9.74. The van der Waals surface area contributed by atoms with Gasteiger partial charge in [0.1, 0.15) is 0 Å². The summed E-state index contributed by atoms with van der Waals surface area (Å²) in [6, 6.07) is 72.2. The molecule has 0 saturated heterocycles. The lowest BCUT2D eigenvalue weighted by molar-refractivity contribution is 0.714. The molecule has 0 fully saturated rings. The Kier molecular flexibility index (Phi) is 7.84. The molecule has 2 heterocycles. The van der Waals surface area contributed by atoms with E-state index in [1.54, 1.807) is 0 Å². The van der Waals surface area contributed by atoms with Crippen LogP contribution in [-0.4, -0.2) is 9.97 Å². The average molecular weight is 745 g/mol. The van der Waals surface area contributed by atoms with Crippen molar-refractivity contribution < 1.29 is 0 Å². The van der Waals surface area contributed by atoms with Crippen LogP contribution in [0.5, 0.6) is 0 Å². The fraction of sp³-hybridized carbons (Fsp3) is 0.0370. The van der Waals surface area contributed by atoms with Crippen molar-refractivity contribution in [1.82, 2.24) is 9.97 Å². The van der Waals surface area contributed by atoms with Crippen LogP contribution in [0.4, 0.5) is 0 Å². The van der Waals surface area contributed by atoms with Gasteiger partial charge in [-0.05, 0) is 87.3 Å². The first-order chi connectivity index (χ1) is 28.1. The van der Waals surface area contributed by atoms with Crippen LogP contribution in [0.15, 0.2) is 200 Å². The van der Waals surface area contributed by atoms with Gasteiger partial charge in [-0.15, -0.1) is 11.3 Å². The third kappa shape index (κ3) is 5.46. The Hall–Kier alpha value is -6.94. The van der Waals surface area contributed by atoms with Crippen LogP contribution in [-0.2, 0) is 5.41 Å². The second kappa shape index (κ2) is 13.4. The number of hydrogen-bond donors (Lipinski definition) is 0. The molecule has 0 radical (unpaired) electrons. The molecule has 2 nitrogen and oxygen atoms in total. The third-order valence-corrected chi connectivity index (χ3v) is 13.0. The van der Waals surface area contributed by atoms with Gasteiger partial charge >= 0.3 is 0 Å². The summed E-state index contributed by atoms with van der Waals surface area (Å²) in [6.07, 6.45) is 0. The quantitative estimate of drug-likeness (QED) is 0.169. The van der Waals surface area contributed by atoms with Gasteiger partial charge in [0.2, 0.25) is 0 Å². The van der Waals surface area contributed by atoms with E-state index in [9.17, 15) is 0 Å². The van der Waals surface area contributed by atoms with Gasteiger partial charge < -0.3 is 0 Å². The predicted molar refractivity (Wildman–Crippen MR) is 240 cm³/mol. The lowest BCUT2D eigenvalue weighted by Crippen LogP contribution is -2.22. The SMILES string of the molecule is CC1(c2ccccc2)c2ccccc2-c2c(-c3ccccc3-c3cc(-c4cccc(-c5ccc6sc7ccccc7c6c5)c4)nc(-c4ccccc4)n3)cccc21. The van der Waals surface area contributed by atoms with Gasteiger partial charge in [-0.1, -0.05) is 170 Å². The summed E-state index contributed by atoms with van der Waals surface area (Å²) in [4.78, 5) is 10.6. The first-order valence-electron chi connectivity index (χ1n) is 19.5. The molecule has 1 unspecified atom stereocenters. The van der Waals surface area contributed by atoms with E-state index in [2.05, 4.69) is 201 Å². The van der Waals surface area contributed by atoms with Gasteiger partial charge in [-0.25, -0.2) is 9.97 Å². The molecule has 0 spiro atoms. The van der Waals surface area contributed by atoms with Gasteiger partial charge in [-0.3, -0.25) is 0 Å². The second-order valence-electron chi connectivity index (χ2n) is 15.0. The fourth-order valence-corrected chi connectivity index (χ4v) is 10.1. The van der Waals surface area contributed by atoms with Crippen LogP contribution < -0.4 is 0 Å². The summed E-state index contributed by atoms with van der Waals surface area (Å²) in [7, 11) is 0. The molecule has 268 valence electrons. The number of benzene rings is 8. The van der Waals surface area contributed by atoms with Crippen molar-refractivity contribution >= 4 is 31.5 Å². The number of nitrogens with zero attached hydrogens (tertiary/aromatic N) is 2. The maximum absolute atomic E-state index is 5.33. The number of fused-ring (bicyclic) bond motifs is 6. The second-order valence-corrected chi connectivity index (χ2v) is 16.1. The molecule has 10 aromatic rings. The van der Waals surface area contributed by atoms with E-state index in [4.69, 9.17) is 9.97 Å². The molecule has 1 atom stereocenters. The zero-order valence-corrected chi connectivity index (χ0v) is 32.2. The van der Waals surface area contributed by atoms with Crippen LogP contribution >= 0.6 is 11.3 Å². The molecule has 0 saturated carbocycles. The van der Waals surface area contributed by atoms with Crippen molar-refractivity contribution in [1.29, 1.82) is 0 Å².